The van der Waals surface area contributed by atoms with Gasteiger partial charge in [-0.1, -0.05) is 26.2 Å². The molecule has 0 fully saturated rings. The van der Waals surface area contributed by atoms with Crippen LogP contribution in [0.1, 0.15) is 32.6 Å². The van der Waals surface area contributed by atoms with E-state index in [9.17, 15) is 4.79 Å². The van der Waals surface area contributed by atoms with Gasteiger partial charge in [-0.25, -0.2) is 4.68 Å². The van der Waals surface area contributed by atoms with Gasteiger partial charge in [0.25, 0.3) is 5.56 Å². The number of hydrogen-bond acceptors (Lipinski definition) is 4. The largest absolute Gasteiger partial charge is 0.382 e. The average Bonchev–Trinajstić information content (AvgIpc) is 2.37. The second-order valence-corrected chi connectivity index (χ2v) is 4.40. The molecule has 1 aromatic heterocycles. The minimum atomic E-state index is -0.0269. The van der Waals surface area contributed by atoms with Crippen LogP contribution in [0.5, 0.6) is 0 Å². The zero-order valence-corrected chi connectivity index (χ0v) is 11.4. The lowest BCUT2D eigenvalue weighted by atomic mass is 10.2. The molecule has 5 heteroatoms. The summed E-state index contributed by atoms with van der Waals surface area (Å²) in [4.78, 5) is 11.8. The van der Waals surface area contributed by atoms with Crippen molar-refractivity contribution in [1.29, 1.82) is 0 Å². The van der Waals surface area contributed by atoms with Gasteiger partial charge >= 0.3 is 0 Å². The summed E-state index contributed by atoms with van der Waals surface area (Å²) in [7, 11) is 1.90. The van der Waals surface area contributed by atoms with Crippen LogP contribution in [0.2, 0.25) is 0 Å². The fraction of sp³-hybridized carbons (Fsp3) is 0.692. The lowest BCUT2D eigenvalue weighted by molar-refractivity contribution is 0.519. The number of nitrogens with zero attached hydrogens (tertiary/aromatic N) is 2. The molecular formula is C13H24N4O. The number of aryl methyl sites for hydroxylation is 1. The van der Waals surface area contributed by atoms with Crippen molar-refractivity contribution in [2.45, 2.75) is 39.2 Å². The van der Waals surface area contributed by atoms with E-state index in [-0.39, 0.29) is 5.56 Å². The minimum Gasteiger partial charge on any atom is -0.382 e. The molecule has 5 nitrogen and oxygen atoms in total. The quantitative estimate of drug-likeness (QED) is 0.653. The predicted molar refractivity (Wildman–Crippen MR) is 75.1 cm³/mol. The maximum Gasteiger partial charge on any atom is 0.268 e. The van der Waals surface area contributed by atoms with Crippen LogP contribution in [-0.2, 0) is 6.54 Å². The zero-order chi connectivity index (χ0) is 13.2. The molecule has 0 atom stereocenters. The topological polar surface area (TPSA) is 59.0 Å². The van der Waals surface area contributed by atoms with Crippen LogP contribution in [0.15, 0.2) is 17.1 Å². The highest BCUT2D eigenvalue weighted by Gasteiger charge is 1.99. The van der Waals surface area contributed by atoms with Crippen LogP contribution < -0.4 is 16.2 Å². The lowest BCUT2D eigenvalue weighted by Gasteiger charge is -2.07. The molecule has 1 aromatic rings. The van der Waals surface area contributed by atoms with Gasteiger partial charge in [0.2, 0.25) is 0 Å². The van der Waals surface area contributed by atoms with Crippen molar-refractivity contribution in [3.63, 3.8) is 0 Å². The van der Waals surface area contributed by atoms with Crippen LogP contribution in [0, 0.1) is 0 Å². The molecule has 0 amide bonds. The van der Waals surface area contributed by atoms with Crippen LogP contribution in [-0.4, -0.2) is 29.9 Å². The highest BCUT2D eigenvalue weighted by atomic mass is 16.1. The molecule has 0 unspecified atom stereocenters. The van der Waals surface area contributed by atoms with Crippen molar-refractivity contribution in [2.24, 2.45) is 0 Å². The fourth-order valence-electron chi connectivity index (χ4n) is 1.72. The lowest BCUT2D eigenvalue weighted by Crippen LogP contribution is -2.24. The number of nitrogens with one attached hydrogen (secondary N) is 2. The molecule has 0 spiro atoms. The molecule has 0 aromatic carbocycles. The number of hydrogen-bond donors (Lipinski definition) is 2. The van der Waals surface area contributed by atoms with Crippen LogP contribution in [0.25, 0.3) is 0 Å². The van der Waals surface area contributed by atoms with E-state index in [0.29, 0.717) is 0 Å². The summed E-state index contributed by atoms with van der Waals surface area (Å²) in [6.07, 6.45) is 6.33. The molecule has 18 heavy (non-hydrogen) atoms. The summed E-state index contributed by atoms with van der Waals surface area (Å²) < 4.78 is 1.54. The third kappa shape index (κ3) is 5.31. The van der Waals surface area contributed by atoms with E-state index in [1.807, 2.05) is 7.05 Å². The Bertz CT molecular complexity index is 389. The number of aromatic nitrogens is 2. The van der Waals surface area contributed by atoms with Crippen LogP contribution in [0.3, 0.4) is 0 Å². The summed E-state index contributed by atoms with van der Waals surface area (Å²) in [6, 6.07) is 1.61. The van der Waals surface area contributed by atoms with Gasteiger partial charge in [0.05, 0.1) is 11.9 Å². The van der Waals surface area contributed by atoms with E-state index in [1.54, 1.807) is 16.9 Å². The molecule has 0 aliphatic heterocycles. The summed E-state index contributed by atoms with van der Waals surface area (Å²) in [5.74, 6) is 0. The Balaban J connectivity index is 2.44. The van der Waals surface area contributed by atoms with Crippen molar-refractivity contribution in [3.05, 3.63) is 22.6 Å². The van der Waals surface area contributed by atoms with Crippen molar-refractivity contribution in [1.82, 2.24) is 15.1 Å². The van der Waals surface area contributed by atoms with Gasteiger partial charge in [0, 0.05) is 25.7 Å². The molecule has 102 valence electrons. The Labute approximate surface area is 109 Å². The number of anilines is 1. The third-order valence-electron chi connectivity index (χ3n) is 2.80. The van der Waals surface area contributed by atoms with Crippen molar-refractivity contribution in [3.8, 4) is 0 Å². The molecule has 0 aliphatic carbocycles. The number of rotatable bonds is 9. The molecule has 1 heterocycles. The second-order valence-electron chi connectivity index (χ2n) is 4.40. The van der Waals surface area contributed by atoms with Gasteiger partial charge in [-0.05, 0) is 13.5 Å². The Morgan fingerprint density at radius 3 is 2.78 bits per heavy atom. The Morgan fingerprint density at radius 2 is 2.11 bits per heavy atom. The summed E-state index contributed by atoms with van der Waals surface area (Å²) in [5.41, 5.74) is 0.765. The second kappa shape index (κ2) is 8.69. The molecule has 0 aliphatic rings. The van der Waals surface area contributed by atoms with E-state index in [1.165, 1.54) is 12.8 Å². The number of likely N-dealkylation sites (N-methyl/N-ethyl adjacent to an activating group) is 1. The third-order valence-corrected chi connectivity index (χ3v) is 2.80. The minimum absolute atomic E-state index is 0.0269. The van der Waals surface area contributed by atoms with Gasteiger partial charge in [-0.3, -0.25) is 4.79 Å². The molecule has 0 saturated heterocycles. The van der Waals surface area contributed by atoms with E-state index < -0.39 is 0 Å². The van der Waals surface area contributed by atoms with E-state index >= 15 is 0 Å². The summed E-state index contributed by atoms with van der Waals surface area (Å²) in [5, 5.41) is 10.4. The SMILES string of the molecule is CCCCCCn1ncc(NCCNC)cc1=O. The van der Waals surface area contributed by atoms with Crippen molar-refractivity contribution >= 4 is 5.69 Å². The first-order valence-corrected chi connectivity index (χ1v) is 6.73. The molecule has 2 N–H and O–H groups in total. The van der Waals surface area contributed by atoms with Gasteiger partial charge in [0.15, 0.2) is 0 Å². The monoisotopic (exact) mass is 252 g/mol. The maximum absolute atomic E-state index is 11.8. The first kappa shape index (κ1) is 14.7. The highest BCUT2D eigenvalue weighted by molar-refractivity contribution is 5.38. The molecule has 0 saturated carbocycles. The summed E-state index contributed by atoms with van der Waals surface area (Å²) in [6.45, 7) is 4.55. The summed E-state index contributed by atoms with van der Waals surface area (Å²) >= 11 is 0. The van der Waals surface area contributed by atoms with E-state index in [4.69, 9.17) is 0 Å². The van der Waals surface area contributed by atoms with Gasteiger partial charge in [0.1, 0.15) is 0 Å². The molecule has 0 bridgehead atoms. The predicted octanol–water partition coefficient (Wildman–Crippen LogP) is 1.45. The number of unbranched alkanes of at least 4 members (excludes halogenated alkanes) is 3. The first-order valence-electron chi connectivity index (χ1n) is 6.73. The smallest absolute Gasteiger partial charge is 0.268 e. The maximum atomic E-state index is 11.8. The molecular weight excluding hydrogens is 228 g/mol. The van der Waals surface area contributed by atoms with Crippen LogP contribution >= 0.6 is 0 Å². The Kier molecular flexibility index (Phi) is 7.10. The Hall–Kier alpha value is -1.36. The van der Waals surface area contributed by atoms with Crippen LogP contribution in [0.4, 0.5) is 5.69 Å². The van der Waals surface area contributed by atoms with Gasteiger partial charge < -0.3 is 10.6 Å². The van der Waals surface area contributed by atoms with Crippen molar-refractivity contribution < 1.29 is 0 Å². The highest BCUT2D eigenvalue weighted by Crippen LogP contribution is 2.01. The normalized spacial score (nSPS) is 10.6. The van der Waals surface area contributed by atoms with Gasteiger partial charge in [-0.2, -0.15) is 5.10 Å². The first-order chi connectivity index (χ1) is 8.77. The van der Waals surface area contributed by atoms with Gasteiger partial charge in [-0.15, -0.1) is 0 Å². The average molecular weight is 252 g/mol. The zero-order valence-electron chi connectivity index (χ0n) is 11.4. The standard InChI is InChI=1S/C13H24N4O/c1-3-4-5-6-9-17-13(18)10-12(11-16-17)15-8-7-14-2/h10-11,14-15H,3-9H2,1-2H3. The fourth-order valence-corrected chi connectivity index (χ4v) is 1.72. The molecule has 1 rings (SSSR count). The van der Waals surface area contributed by atoms with E-state index in [2.05, 4.69) is 22.7 Å². The van der Waals surface area contributed by atoms with E-state index in [0.717, 1.165) is 38.2 Å². The molecule has 0 radical (unpaired) electrons. The van der Waals surface area contributed by atoms with Crippen molar-refractivity contribution in [2.75, 3.05) is 25.5 Å². The Morgan fingerprint density at radius 1 is 1.28 bits per heavy atom.